The number of nitrogens with zero attached hydrogens (tertiary/aromatic N) is 1. The fraction of sp³-hybridized carbons (Fsp3) is 0.467. The lowest BCUT2D eigenvalue weighted by atomic mass is 9.87. The van der Waals surface area contributed by atoms with Gasteiger partial charge in [-0.25, -0.2) is 0 Å². The van der Waals surface area contributed by atoms with Crippen molar-refractivity contribution in [2.75, 3.05) is 0 Å². The topological polar surface area (TPSA) is 46.3 Å². The molecule has 20 heavy (non-hydrogen) atoms. The Morgan fingerprint density at radius 3 is 2.75 bits per heavy atom. The second-order valence-corrected chi connectivity index (χ2v) is 6.01. The molecule has 2 N–H and O–H groups in total. The van der Waals surface area contributed by atoms with Crippen molar-refractivity contribution in [1.29, 1.82) is 0 Å². The van der Waals surface area contributed by atoms with E-state index in [1.54, 1.807) is 0 Å². The van der Waals surface area contributed by atoms with Crippen LogP contribution in [-0.4, -0.2) is 22.4 Å². The lowest BCUT2D eigenvalue weighted by molar-refractivity contribution is -0.131. The monoisotopic (exact) mass is 313 g/mol. The number of primary amides is 1. The number of hydrogen-bond donors (Lipinski definition) is 1. The molecule has 3 nitrogen and oxygen atoms in total. The number of nitrogens with two attached hydrogens (primary N) is 1. The number of carbonyl (C=O) groups is 1. The first-order valence-electron chi connectivity index (χ1n) is 6.74. The molecule has 1 aromatic carbocycles. The molecule has 0 aromatic heterocycles. The molecule has 2 atom stereocenters. The lowest BCUT2D eigenvalue weighted by Gasteiger charge is -2.42. The quantitative estimate of drug-likeness (QED) is 0.932. The van der Waals surface area contributed by atoms with Crippen LogP contribution in [0.15, 0.2) is 24.3 Å². The first-order chi connectivity index (χ1) is 9.12. The van der Waals surface area contributed by atoms with Gasteiger partial charge in [-0.1, -0.05) is 23.7 Å². The van der Waals surface area contributed by atoms with Gasteiger partial charge in [0, 0.05) is 17.6 Å². The molecule has 2 fully saturated rings. The lowest BCUT2D eigenvalue weighted by Crippen LogP contribution is -2.57. The van der Waals surface area contributed by atoms with E-state index in [1.807, 2.05) is 24.3 Å². The van der Waals surface area contributed by atoms with Crippen LogP contribution in [0.3, 0.4) is 0 Å². The summed E-state index contributed by atoms with van der Waals surface area (Å²) in [6, 6.07) is 8.29. The third-order valence-electron chi connectivity index (χ3n) is 4.53. The van der Waals surface area contributed by atoms with Crippen LogP contribution in [-0.2, 0) is 11.3 Å². The molecule has 1 amide bonds. The molecular weight excluding hydrogens is 295 g/mol. The third kappa shape index (κ3) is 2.54. The van der Waals surface area contributed by atoms with Gasteiger partial charge < -0.3 is 5.73 Å². The first-order valence-corrected chi connectivity index (χ1v) is 7.12. The van der Waals surface area contributed by atoms with Crippen LogP contribution >= 0.6 is 24.0 Å². The summed E-state index contributed by atoms with van der Waals surface area (Å²) in [6.07, 6.45) is 6.01. The fourth-order valence-corrected chi connectivity index (χ4v) is 3.59. The molecule has 0 aliphatic carbocycles. The molecule has 5 heteroatoms. The molecule has 2 heterocycles. The van der Waals surface area contributed by atoms with Gasteiger partial charge in [0.15, 0.2) is 0 Å². The van der Waals surface area contributed by atoms with Crippen LogP contribution in [0.1, 0.15) is 31.2 Å². The zero-order valence-electron chi connectivity index (χ0n) is 11.2. The van der Waals surface area contributed by atoms with Crippen molar-refractivity contribution < 1.29 is 4.79 Å². The van der Waals surface area contributed by atoms with E-state index in [0.717, 1.165) is 37.3 Å². The van der Waals surface area contributed by atoms with E-state index in [0.29, 0.717) is 6.04 Å². The molecule has 2 saturated heterocycles. The first kappa shape index (κ1) is 15.6. The Kier molecular flexibility index (Phi) is 4.62. The van der Waals surface area contributed by atoms with Crippen LogP contribution in [0.2, 0.25) is 5.02 Å². The number of fused-ring (bicyclic) bond motifs is 2. The Labute approximate surface area is 130 Å². The maximum absolute atomic E-state index is 11.9. The maximum Gasteiger partial charge on any atom is 0.237 e. The van der Waals surface area contributed by atoms with Crippen LogP contribution < -0.4 is 5.73 Å². The van der Waals surface area contributed by atoms with Gasteiger partial charge in [-0.3, -0.25) is 9.69 Å². The van der Waals surface area contributed by atoms with Crippen LogP contribution in [0, 0.1) is 6.42 Å². The van der Waals surface area contributed by atoms with Gasteiger partial charge in [0.1, 0.15) is 5.54 Å². The third-order valence-corrected chi connectivity index (χ3v) is 4.78. The standard InChI is InChI=1S/C15H18ClN2O.ClH/c16-12-5-3-11(4-6-12)10-18-13-2-1-8-15(18,9-7-13)14(17)19;/h1,3-6,13H,2,7-10H2,(H2,17,19);1H. The van der Waals surface area contributed by atoms with Gasteiger partial charge in [-0.2, -0.15) is 0 Å². The number of amides is 1. The van der Waals surface area contributed by atoms with Gasteiger partial charge in [0.25, 0.3) is 0 Å². The summed E-state index contributed by atoms with van der Waals surface area (Å²) in [7, 11) is 0. The Bertz CT molecular complexity index is 487. The summed E-state index contributed by atoms with van der Waals surface area (Å²) >= 11 is 5.91. The number of halogens is 2. The van der Waals surface area contributed by atoms with Crippen molar-refractivity contribution in [2.45, 2.75) is 43.8 Å². The number of carbonyl (C=O) groups excluding carboxylic acids is 1. The van der Waals surface area contributed by atoms with Gasteiger partial charge in [-0.15, -0.1) is 12.4 Å². The average Bonchev–Trinajstić information content (AvgIpc) is 2.60. The number of hydrogen-bond acceptors (Lipinski definition) is 2. The smallest absolute Gasteiger partial charge is 0.237 e. The zero-order valence-corrected chi connectivity index (χ0v) is 12.8. The van der Waals surface area contributed by atoms with Crippen molar-refractivity contribution >= 4 is 29.9 Å². The number of piperidine rings is 1. The number of benzene rings is 1. The van der Waals surface area contributed by atoms with E-state index in [9.17, 15) is 4.79 Å². The van der Waals surface area contributed by atoms with E-state index < -0.39 is 5.54 Å². The molecule has 3 rings (SSSR count). The van der Waals surface area contributed by atoms with E-state index in [-0.39, 0.29) is 18.3 Å². The predicted molar refractivity (Wildman–Crippen MR) is 82.7 cm³/mol. The largest absolute Gasteiger partial charge is 0.368 e. The van der Waals surface area contributed by atoms with Gasteiger partial charge in [0.05, 0.1) is 0 Å². The summed E-state index contributed by atoms with van der Waals surface area (Å²) in [5.74, 6) is -0.181. The normalized spacial score (nSPS) is 28.9. The second kappa shape index (κ2) is 5.92. The molecule has 0 saturated carbocycles. The molecule has 2 aliphatic heterocycles. The molecule has 2 bridgehead atoms. The highest BCUT2D eigenvalue weighted by molar-refractivity contribution is 6.30. The molecular formula is C15H19Cl2N2O. The van der Waals surface area contributed by atoms with Gasteiger partial charge in [0.2, 0.25) is 5.91 Å². The SMILES string of the molecule is Cl.NC(=O)C12C[CH]CC(CC1)N2Cc1ccc(Cl)cc1. The number of rotatable bonds is 3. The van der Waals surface area contributed by atoms with E-state index >= 15 is 0 Å². The predicted octanol–water partition coefficient (Wildman–Crippen LogP) is 2.95. The Hall–Kier alpha value is -0.770. The van der Waals surface area contributed by atoms with Crippen molar-refractivity contribution in [2.24, 2.45) is 5.73 Å². The molecule has 1 aromatic rings. The van der Waals surface area contributed by atoms with Gasteiger partial charge in [-0.05, 0) is 49.8 Å². The Morgan fingerprint density at radius 1 is 1.40 bits per heavy atom. The summed E-state index contributed by atoms with van der Waals surface area (Å²) in [6.45, 7) is 0.776. The molecule has 1 radical (unpaired) electrons. The summed E-state index contributed by atoms with van der Waals surface area (Å²) in [5.41, 5.74) is 6.41. The molecule has 2 unspecified atom stereocenters. The van der Waals surface area contributed by atoms with Crippen LogP contribution in [0.25, 0.3) is 0 Å². The summed E-state index contributed by atoms with van der Waals surface area (Å²) in [4.78, 5) is 14.2. The summed E-state index contributed by atoms with van der Waals surface area (Å²) in [5, 5.41) is 0.739. The van der Waals surface area contributed by atoms with E-state index in [1.165, 1.54) is 5.56 Å². The molecule has 109 valence electrons. The highest BCUT2D eigenvalue weighted by atomic mass is 35.5. The molecule has 0 spiro atoms. The van der Waals surface area contributed by atoms with Crippen molar-refractivity contribution in [3.63, 3.8) is 0 Å². The van der Waals surface area contributed by atoms with Gasteiger partial charge >= 0.3 is 0 Å². The van der Waals surface area contributed by atoms with Crippen molar-refractivity contribution in [3.05, 3.63) is 41.3 Å². The van der Waals surface area contributed by atoms with Crippen LogP contribution in [0.5, 0.6) is 0 Å². The van der Waals surface area contributed by atoms with E-state index in [2.05, 4.69) is 11.3 Å². The Balaban J connectivity index is 0.00000147. The highest BCUT2D eigenvalue weighted by Crippen LogP contribution is 2.44. The van der Waals surface area contributed by atoms with Crippen molar-refractivity contribution in [1.82, 2.24) is 4.90 Å². The summed E-state index contributed by atoms with van der Waals surface area (Å²) < 4.78 is 0. The Morgan fingerprint density at radius 2 is 2.10 bits per heavy atom. The van der Waals surface area contributed by atoms with Crippen LogP contribution in [0.4, 0.5) is 0 Å². The minimum Gasteiger partial charge on any atom is -0.368 e. The minimum atomic E-state index is -0.456. The van der Waals surface area contributed by atoms with E-state index in [4.69, 9.17) is 17.3 Å². The molecule has 2 aliphatic rings. The fourth-order valence-electron chi connectivity index (χ4n) is 3.47. The minimum absolute atomic E-state index is 0. The zero-order chi connectivity index (χ0) is 13.5. The highest BCUT2D eigenvalue weighted by Gasteiger charge is 2.52. The van der Waals surface area contributed by atoms with Crippen molar-refractivity contribution in [3.8, 4) is 0 Å². The average molecular weight is 314 g/mol. The second-order valence-electron chi connectivity index (χ2n) is 5.57. The maximum atomic E-state index is 11.9.